The molecule has 0 aliphatic carbocycles. The largest absolute Gasteiger partial charge is 0.325 e. The van der Waals surface area contributed by atoms with Gasteiger partial charge in [0.15, 0.2) is 4.32 Å². The summed E-state index contributed by atoms with van der Waals surface area (Å²) in [6, 6.07) is 13.6. The van der Waals surface area contributed by atoms with Crippen molar-refractivity contribution in [3.8, 4) is 0 Å². The highest BCUT2D eigenvalue weighted by Gasteiger charge is 2.13. The molecule has 0 aliphatic heterocycles. The molecule has 1 amide bonds. The molecule has 142 valence electrons. The second-order valence-corrected chi connectivity index (χ2v) is 8.68. The number of aryl methyl sites for hydroxylation is 1. The van der Waals surface area contributed by atoms with E-state index in [-0.39, 0.29) is 17.1 Å². The molecule has 2 N–H and O–H groups in total. The van der Waals surface area contributed by atoms with Crippen LogP contribution in [-0.2, 0) is 10.2 Å². The number of nitrogens with one attached hydrogen (secondary N) is 2. The first-order valence-electron chi connectivity index (χ1n) is 8.54. The van der Waals surface area contributed by atoms with Crippen LogP contribution in [0.5, 0.6) is 0 Å². The lowest BCUT2D eigenvalue weighted by Gasteiger charge is -2.19. The quantitative estimate of drug-likeness (QED) is 0.446. The van der Waals surface area contributed by atoms with Crippen LogP contribution in [-0.4, -0.2) is 27.2 Å². The Bertz CT molecular complexity index is 827. The Morgan fingerprint density at radius 1 is 1.22 bits per heavy atom. The summed E-state index contributed by atoms with van der Waals surface area (Å²) in [5.74, 6) is 0.0995. The average Bonchev–Trinajstić information content (AvgIpc) is 2.60. The van der Waals surface area contributed by atoms with E-state index in [0.29, 0.717) is 4.32 Å². The summed E-state index contributed by atoms with van der Waals surface area (Å²) in [4.78, 5) is 16.4. The van der Waals surface area contributed by atoms with Gasteiger partial charge in [-0.05, 0) is 42.2 Å². The molecule has 0 spiro atoms. The fraction of sp³-hybridized carbons (Fsp3) is 0.300. The minimum absolute atomic E-state index is 0.0880. The van der Waals surface area contributed by atoms with Crippen LogP contribution in [0.4, 0.5) is 5.69 Å². The number of aromatic nitrogens is 1. The second kappa shape index (κ2) is 9.62. The van der Waals surface area contributed by atoms with Gasteiger partial charge in [-0.15, -0.1) is 0 Å². The van der Waals surface area contributed by atoms with E-state index in [2.05, 4.69) is 41.6 Å². The van der Waals surface area contributed by atoms with Crippen LogP contribution < -0.4 is 10.7 Å². The topological polar surface area (TPSA) is 66.4 Å². The average molecular weight is 401 g/mol. The Kier molecular flexibility index (Phi) is 7.50. The third-order valence-corrected chi connectivity index (χ3v) is 4.84. The highest BCUT2D eigenvalue weighted by atomic mass is 32.2. The number of thiocarbonyl (C=S) groups is 1. The number of hydrogen-bond acceptors (Lipinski definition) is 5. The molecule has 0 fully saturated rings. The highest BCUT2D eigenvalue weighted by Crippen LogP contribution is 2.23. The van der Waals surface area contributed by atoms with E-state index in [1.54, 1.807) is 6.21 Å². The van der Waals surface area contributed by atoms with Crippen molar-refractivity contribution in [2.45, 2.75) is 33.1 Å². The predicted molar refractivity (Wildman–Crippen MR) is 119 cm³/mol. The number of pyridine rings is 1. The Balaban J connectivity index is 1.75. The van der Waals surface area contributed by atoms with Crippen molar-refractivity contribution in [1.82, 2.24) is 10.4 Å². The third kappa shape index (κ3) is 7.48. The zero-order chi connectivity index (χ0) is 19.9. The van der Waals surface area contributed by atoms with Gasteiger partial charge in [-0.25, -0.2) is 0 Å². The number of amides is 1. The Morgan fingerprint density at radius 2 is 1.93 bits per heavy atom. The second-order valence-electron chi connectivity index (χ2n) is 7.03. The van der Waals surface area contributed by atoms with Crippen LogP contribution in [0.25, 0.3) is 0 Å². The van der Waals surface area contributed by atoms with Crippen molar-refractivity contribution >= 4 is 46.1 Å². The normalized spacial score (nSPS) is 11.4. The van der Waals surface area contributed by atoms with Gasteiger partial charge in [0.05, 0.1) is 17.7 Å². The number of hydrogen-bond donors (Lipinski definition) is 2. The van der Waals surface area contributed by atoms with Crippen molar-refractivity contribution in [3.05, 3.63) is 59.4 Å². The summed E-state index contributed by atoms with van der Waals surface area (Å²) < 4.78 is 0.428. The molecule has 5 nitrogen and oxygen atoms in total. The molecular formula is C20H24N4OS2. The first-order valence-corrected chi connectivity index (χ1v) is 9.93. The van der Waals surface area contributed by atoms with Crippen molar-refractivity contribution in [1.29, 1.82) is 0 Å². The lowest BCUT2D eigenvalue weighted by atomic mass is 9.87. The zero-order valence-electron chi connectivity index (χ0n) is 15.9. The molecule has 0 aliphatic rings. The van der Waals surface area contributed by atoms with Gasteiger partial charge < -0.3 is 5.32 Å². The van der Waals surface area contributed by atoms with E-state index in [1.165, 1.54) is 17.3 Å². The number of benzene rings is 1. The molecule has 0 bridgehead atoms. The number of rotatable bonds is 5. The zero-order valence-corrected chi connectivity index (χ0v) is 17.6. The highest BCUT2D eigenvalue weighted by molar-refractivity contribution is 8.23. The van der Waals surface area contributed by atoms with Crippen LogP contribution in [0.3, 0.4) is 0 Å². The van der Waals surface area contributed by atoms with Gasteiger partial charge in [0.1, 0.15) is 0 Å². The maximum Gasteiger partial charge on any atom is 0.234 e. The van der Waals surface area contributed by atoms with E-state index in [1.807, 2.05) is 49.4 Å². The monoisotopic (exact) mass is 400 g/mol. The third-order valence-electron chi connectivity index (χ3n) is 3.63. The molecule has 0 radical (unpaired) electrons. The Hall–Kier alpha value is -2.25. The van der Waals surface area contributed by atoms with E-state index < -0.39 is 0 Å². The molecule has 7 heteroatoms. The minimum atomic E-state index is -0.114. The first-order chi connectivity index (χ1) is 12.7. The van der Waals surface area contributed by atoms with E-state index >= 15 is 0 Å². The van der Waals surface area contributed by atoms with Crippen molar-refractivity contribution in [3.63, 3.8) is 0 Å². The summed E-state index contributed by atoms with van der Waals surface area (Å²) in [5.41, 5.74) is 6.49. The molecule has 0 atom stereocenters. The SMILES string of the molecule is Cc1cccc(/C=N/NC(=S)SCC(=O)Nc2ccc(C(C)(C)C)cc2)n1. The molecule has 0 saturated heterocycles. The number of thioether (sulfide) groups is 1. The fourth-order valence-electron chi connectivity index (χ4n) is 2.20. The molecule has 1 heterocycles. The van der Waals surface area contributed by atoms with Crippen LogP contribution in [0, 0.1) is 6.92 Å². The van der Waals surface area contributed by atoms with Crippen molar-refractivity contribution in [2.24, 2.45) is 5.10 Å². The smallest absolute Gasteiger partial charge is 0.234 e. The lowest BCUT2D eigenvalue weighted by molar-refractivity contribution is -0.113. The van der Waals surface area contributed by atoms with Crippen LogP contribution in [0.15, 0.2) is 47.6 Å². The Labute approximate surface area is 170 Å². The van der Waals surface area contributed by atoms with Gasteiger partial charge >= 0.3 is 0 Å². The molecule has 0 unspecified atom stereocenters. The Morgan fingerprint density at radius 3 is 2.56 bits per heavy atom. The first kappa shape index (κ1) is 21.1. The van der Waals surface area contributed by atoms with E-state index in [9.17, 15) is 4.79 Å². The predicted octanol–water partition coefficient (Wildman–Crippen LogP) is 4.27. The lowest BCUT2D eigenvalue weighted by Crippen LogP contribution is -2.19. The molecule has 1 aromatic heterocycles. The van der Waals surface area contributed by atoms with Gasteiger partial charge in [-0.1, -0.05) is 63.0 Å². The van der Waals surface area contributed by atoms with Gasteiger partial charge in [-0.2, -0.15) is 5.10 Å². The molecule has 1 aromatic carbocycles. The molecule has 27 heavy (non-hydrogen) atoms. The summed E-state index contributed by atoms with van der Waals surface area (Å²) >= 11 is 6.40. The van der Waals surface area contributed by atoms with Crippen LogP contribution in [0.1, 0.15) is 37.7 Å². The number of carbonyl (C=O) groups excluding carboxylic acids is 1. The van der Waals surface area contributed by atoms with Gasteiger partial charge in [0.25, 0.3) is 0 Å². The summed E-state index contributed by atoms with van der Waals surface area (Å²) in [7, 11) is 0. The van der Waals surface area contributed by atoms with Crippen molar-refractivity contribution in [2.75, 3.05) is 11.1 Å². The van der Waals surface area contributed by atoms with E-state index in [0.717, 1.165) is 17.1 Å². The summed E-state index contributed by atoms with van der Waals surface area (Å²) in [6.45, 7) is 8.38. The van der Waals surface area contributed by atoms with Crippen molar-refractivity contribution < 1.29 is 4.79 Å². The fourth-order valence-corrected chi connectivity index (χ4v) is 2.88. The van der Waals surface area contributed by atoms with Gasteiger partial charge in [-0.3, -0.25) is 15.2 Å². The summed E-state index contributed by atoms with van der Waals surface area (Å²) in [6.07, 6.45) is 1.59. The molecule has 0 saturated carbocycles. The number of hydrazone groups is 1. The van der Waals surface area contributed by atoms with Gasteiger partial charge in [0, 0.05) is 11.4 Å². The standard InChI is InChI=1S/C20H24N4OS2/c1-14-6-5-7-17(22-14)12-21-24-19(26)27-13-18(25)23-16-10-8-15(9-11-16)20(2,3)4/h5-12H,13H2,1-4H3,(H,23,25)(H,24,26)/b21-12+. The number of carbonyl (C=O) groups is 1. The molecule has 2 aromatic rings. The van der Waals surface area contributed by atoms with E-state index in [4.69, 9.17) is 12.2 Å². The number of anilines is 1. The minimum Gasteiger partial charge on any atom is -0.325 e. The number of nitrogens with zero attached hydrogens (tertiary/aromatic N) is 2. The molecular weight excluding hydrogens is 376 g/mol. The van der Waals surface area contributed by atoms with Crippen LogP contribution >= 0.6 is 24.0 Å². The van der Waals surface area contributed by atoms with Gasteiger partial charge in [0.2, 0.25) is 5.91 Å². The summed E-state index contributed by atoms with van der Waals surface area (Å²) in [5, 5.41) is 6.91. The molecule has 2 rings (SSSR count). The van der Waals surface area contributed by atoms with Crippen LogP contribution in [0.2, 0.25) is 0 Å². The maximum absolute atomic E-state index is 12.1. The maximum atomic E-state index is 12.1.